The first kappa shape index (κ1) is 19.9. The number of aromatic amines is 1. The Morgan fingerprint density at radius 1 is 1.27 bits per heavy atom. The van der Waals surface area contributed by atoms with Crippen molar-refractivity contribution in [2.24, 2.45) is 17.8 Å². The van der Waals surface area contributed by atoms with Gasteiger partial charge in [-0.25, -0.2) is 18.9 Å². The van der Waals surface area contributed by atoms with E-state index in [4.69, 9.17) is 10.1 Å². The predicted molar refractivity (Wildman–Crippen MR) is 122 cm³/mol. The SMILES string of the molecule is C=Cc1ccc2c(N[C@H]3[C@H]4CC[C@H](CC4)[C@@H]3C(=O)O)nc(-c3c[nH]c4ncc(F)cc34)nn12. The number of nitrogens with zero attached hydrogens (tertiary/aromatic N) is 4. The van der Waals surface area contributed by atoms with Crippen LogP contribution in [0, 0.1) is 23.6 Å². The second-order valence-electron chi connectivity index (χ2n) is 9.00. The van der Waals surface area contributed by atoms with Crippen LogP contribution < -0.4 is 5.32 Å². The number of pyridine rings is 1. The van der Waals surface area contributed by atoms with Crippen molar-refractivity contribution < 1.29 is 14.3 Å². The first-order chi connectivity index (χ1) is 16.0. The highest BCUT2D eigenvalue weighted by atomic mass is 19.1. The van der Waals surface area contributed by atoms with Crippen LogP contribution in [0.2, 0.25) is 0 Å². The van der Waals surface area contributed by atoms with Crippen molar-refractivity contribution in [3.05, 3.63) is 48.7 Å². The van der Waals surface area contributed by atoms with Crippen molar-refractivity contribution in [2.45, 2.75) is 31.7 Å². The maximum absolute atomic E-state index is 13.9. The van der Waals surface area contributed by atoms with Gasteiger partial charge in [-0.2, -0.15) is 0 Å². The molecule has 0 saturated heterocycles. The van der Waals surface area contributed by atoms with Gasteiger partial charge in [-0.15, -0.1) is 5.10 Å². The predicted octanol–water partition coefficient (Wildman–Crippen LogP) is 4.36. The lowest BCUT2D eigenvalue weighted by Crippen LogP contribution is -2.51. The molecule has 4 aromatic heterocycles. The Morgan fingerprint density at radius 3 is 2.82 bits per heavy atom. The fraction of sp³-hybridized carbons (Fsp3) is 0.333. The first-order valence-electron chi connectivity index (χ1n) is 11.2. The van der Waals surface area contributed by atoms with E-state index in [9.17, 15) is 14.3 Å². The van der Waals surface area contributed by atoms with Crippen LogP contribution in [0.5, 0.6) is 0 Å². The monoisotopic (exact) mass is 446 g/mol. The molecule has 0 unspecified atom stereocenters. The van der Waals surface area contributed by atoms with Gasteiger partial charge in [0.25, 0.3) is 0 Å². The first-order valence-corrected chi connectivity index (χ1v) is 11.2. The number of aliphatic carboxylic acids is 1. The third-order valence-corrected chi connectivity index (χ3v) is 7.30. The summed E-state index contributed by atoms with van der Waals surface area (Å²) in [7, 11) is 0. The van der Waals surface area contributed by atoms with Crippen molar-refractivity contribution in [3.63, 3.8) is 0 Å². The average molecular weight is 446 g/mol. The van der Waals surface area contributed by atoms with Gasteiger partial charge in [0.1, 0.15) is 17.0 Å². The zero-order valence-corrected chi connectivity index (χ0v) is 17.8. The number of hydrogen-bond acceptors (Lipinski definition) is 5. The van der Waals surface area contributed by atoms with E-state index in [1.807, 2.05) is 12.1 Å². The zero-order chi connectivity index (χ0) is 22.7. The number of fused-ring (bicyclic) bond motifs is 5. The summed E-state index contributed by atoms with van der Waals surface area (Å²) in [4.78, 5) is 24.1. The fourth-order valence-corrected chi connectivity index (χ4v) is 5.72. The molecule has 0 aliphatic heterocycles. The lowest BCUT2D eigenvalue weighted by Gasteiger charge is -2.47. The Morgan fingerprint density at radius 2 is 2.06 bits per heavy atom. The molecule has 0 aromatic carbocycles. The van der Waals surface area contributed by atoms with E-state index in [2.05, 4.69) is 21.9 Å². The molecular formula is C24H23FN6O2. The van der Waals surface area contributed by atoms with Crippen LogP contribution in [-0.2, 0) is 4.79 Å². The summed E-state index contributed by atoms with van der Waals surface area (Å²) in [6, 6.07) is 4.99. The number of halogens is 1. The molecule has 2 bridgehead atoms. The number of H-pyrrole nitrogens is 1. The summed E-state index contributed by atoms with van der Waals surface area (Å²) in [5.74, 6) is -0.233. The quantitative estimate of drug-likeness (QED) is 0.421. The van der Waals surface area contributed by atoms with Gasteiger partial charge in [-0.05, 0) is 61.8 Å². The molecule has 8 nitrogen and oxygen atoms in total. The summed E-state index contributed by atoms with van der Waals surface area (Å²) < 4.78 is 15.7. The highest BCUT2D eigenvalue weighted by Crippen LogP contribution is 2.46. The molecule has 0 amide bonds. The minimum absolute atomic E-state index is 0.181. The van der Waals surface area contributed by atoms with Gasteiger partial charge >= 0.3 is 5.97 Å². The molecule has 0 radical (unpaired) electrons. The van der Waals surface area contributed by atoms with Gasteiger partial charge in [0.2, 0.25) is 0 Å². The third kappa shape index (κ3) is 3.10. The summed E-state index contributed by atoms with van der Waals surface area (Å²) in [5.41, 5.74) is 2.67. The van der Waals surface area contributed by atoms with Crippen LogP contribution in [0.1, 0.15) is 31.4 Å². The Bertz CT molecular complexity index is 1400. The van der Waals surface area contributed by atoms with Crippen molar-refractivity contribution in [2.75, 3.05) is 5.32 Å². The summed E-state index contributed by atoms with van der Waals surface area (Å²) in [6.07, 6.45) is 8.53. The molecule has 2 atom stereocenters. The minimum atomic E-state index is -0.757. The second-order valence-corrected chi connectivity index (χ2v) is 9.00. The Kier molecular flexibility index (Phi) is 4.46. The fourth-order valence-electron chi connectivity index (χ4n) is 5.72. The van der Waals surface area contributed by atoms with E-state index in [1.54, 1.807) is 16.8 Å². The number of carbonyl (C=O) groups is 1. The molecule has 3 aliphatic carbocycles. The van der Waals surface area contributed by atoms with E-state index < -0.39 is 17.7 Å². The summed E-state index contributed by atoms with van der Waals surface area (Å²) in [5, 5.41) is 18.7. The van der Waals surface area contributed by atoms with E-state index in [0.29, 0.717) is 28.2 Å². The lowest BCUT2D eigenvalue weighted by molar-refractivity contribution is -0.148. The normalized spacial score (nSPS) is 24.4. The largest absolute Gasteiger partial charge is 0.481 e. The molecule has 0 spiro atoms. The third-order valence-electron chi connectivity index (χ3n) is 7.30. The highest BCUT2D eigenvalue weighted by Gasteiger charge is 2.47. The van der Waals surface area contributed by atoms with Crippen molar-refractivity contribution >= 4 is 34.4 Å². The molecule has 168 valence electrons. The molecule has 7 rings (SSSR count). The maximum atomic E-state index is 13.9. The van der Waals surface area contributed by atoms with Crippen molar-refractivity contribution in [3.8, 4) is 11.4 Å². The topological polar surface area (TPSA) is 108 Å². The van der Waals surface area contributed by atoms with Crippen LogP contribution in [0.3, 0.4) is 0 Å². The molecule has 3 saturated carbocycles. The molecule has 33 heavy (non-hydrogen) atoms. The van der Waals surface area contributed by atoms with E-state index in [-0.39, 0.29) is 17.9 Å². The molecule has 3 aliphatic rings. The number of hydrogen-bond donors (Lipinski definition) is 3. The lowest BCUT2D eigenvalue weighted by atomic mass is 9.61. The van der Waals surface area contributed by atoms with Crippen LogP contribution in [0.15, 0.2) is 37.2 Å². The number of nitrogens with one attached hydrogen (secondary N) is 2. The molecule has 3 fully saturated rings. The standard InChI is InChI=1S/C24H23FN6O2/c1-2-15-7-8-18-23(28-20-13-5-3-12(4-6-13)19(20)24(32)33)29-22(30-31(15)18)17-11-27-21-16(17)9-14(25)10-26-21/h2,7-13,19-20H,1,3-6H2,(H,26,27)(H,32,33)(H,28,29,30)/t12-,13+,19-,20-/m0/s1. The molecule has 4 heterocycles. The Labute approximate surface area is 188 Å². The Balaban J connectivity index is 1.50. The highest BCUT2D eigenvalue weighted by molar-refractivity contribution is 5.92. The van der Waals surface area contributed by atoms with E-state index >= 15 is 0 Å². The number of carboxylic acids is 1. The maximum Gasteiger partial charge on any atom is 0.308 e. The van der Waals surface area contributed by atoms with Crippen LogP contribution in [0.25, 0.3) is 34.0 Å². The van der Waals surface area contributed by atoms with Gasteiger partial charge in [-0.3, -0.25) is 4.79 Å². The molecule has 9 heteroatoms. The summed E-state index contributed by atoms with van der Waals surface area (Å²) >= 11 is 0. The van der Waals surface area contributed by atoms with Crippen LogP contribution in [0.4, 0.5) is 10.2 Å². The second kappa shape index (κ2) is 7.40. The smallest absolute Gasteiger partial charge is 0.308 e. The van der Waals surface area contributed by atoms with Gasteiger partial charge in [0.05, 0.1) is 17.8 Å². The van der Waals surface area contributed by atoms with Crippen LogP contribution >= 0.6 is 0 Å². The van der Waals surface area contributed by atoms with Gasteiger partial charge in [-0.1, -0.05) is 6.58 Å². The number of aromatic nitrogens is 5. The van der Waals surface area contributed by atoms with Crippen molar-refractivity contribution in [1.82, 2.24) is 24.6 Å². The van der Waals surface area contributed by atoms with Gasteiger partial charge in [0, 0.05) is 23.2 Å². The molecule has 4 aromatic rings. The average Bonchev–Trinajstić information content (AvgIpc) is 3.43. The Hall–Kier alpha value is -3.75. The van der Waals surface area contributed by atoms with E-state index in [0.717, 1.165) is 43.1 Å². The van der Waals surface area contributed by atoms with Crippen molar-refractivity contribution in [1.29, 1.82) is 0 Å². The van der Waals surface area contributed by atoms with E-state index in [1.165, 1.54) is 6.07 Å². The minimum Gasteiger partial charge on any atom is -0.481 e. The zero-order valence-electron chi connectivity index (χ0n) is 17.8. The number of carboxylic acid groups (broad SMARTS) is 1. The number of rotatable bonds is 5. The van der Waals surface area contributed by atoms with Crippen LogP contribution in [-0.4, -0.2) is 41.7 Å². The van der Waals surface area contributed by atoms with Gasteiger partial charge in [0.15, 0.2) is 11.6 Å². The van der Waals surface area contributed by atoms with Gasteiger partial charge < -0.3 is 15.4 Å². The number of anilines is 1. The molecular weight excluding hydrogens is 423 g/mol. The summed E-state index contributed by atoms with van der Waals surface area (Å²) in [6.45, 7) is 3.87. The molecule has 3 N–H and O–H groups in total.